The molecular weight excluding hydrogens is 216 g/mol. The molecule has 17 heavy (non-hydrogen) atoms. The lowest BCUT2D eigenvalue weighted by molar-refractivity contribution is -0.118. The summed E-state index contributed by atoms with van der Waals surface area (Å²) in [6, 6.07) is 7.51. The van der Waals surface area contributed by atoms with Gasteiger partial charge in [0.15, 0.2) is 0 Å². The molecule has 90 valence electrons. The summed E-state index contributed by atoms with van der Waals surface area (Å²) >= 11 is 0. The number of anilines is 2. The molecule has 1 aromatic carbocycles. The number of carbonyl (C=O) groups is 2. The van der Waals surface area contributed by atoms with Gasteiger partial charge in [-0.15, -0.1) is 0 Å². The highest BCUT2D eigenvalue weighted by atomic mass is 16.2. The normalized spacial score (nSPS) is 18.9. The van der Waals surface area contributed by atoms with E-state index in [4.69, 9.17) is 0 Å². The number of nitrogens with zero attached hydrogens (tertiary/aromatic N) is 2. The van der Waals surface area contributed by atoms with Crippen LogP contribution in [0.1, 0.15) is 20.8 Å². The van der Waals surface area contributed by atoms with E-state index in [-0.39, 0.29) is 17.9 Å². The van der Waals surface area contributed by atoms with Crippen LogP contribution in [0.2, 0.25) is 0 Å². The number of benzene rings is 1. The van der Waals surface area contributed by atoms with Gasteiger partial charge in [0.1, 0.15) is 0 Å². The maximum Gasteiger partial charge on any atom is 0.224 e. The molecule has 0 radical (unpaired) electrons. The number of carbonyl (C=O) groups excluding carboxylic acids is 2. The van der Waals surface area contributed by atoms with E-state index >= 15 is 0 Å². The molecule has 1 atom stereocenters. The van der Waals surface area contributed by atoms with Crippen molar-refractivity contribution in [3.05, 3.63) is 24.3 Å². The van der Waals surface area contributed by atoms with Gasteiger partial charge in [0.25, 0.3) is 0 Å². The Balaban J connectivity index is 2.54. The van der Waals surface area contributed by atoms with Crippen LogP contribution >= 0.6 is 0 Å². The van der Waals surface area contributed by atoms with Gasteiger partial charge in [0, 0.05) is 20.4 Å². The van der Waals surface area contributed by atoms with E-state index in [0.29, 0.717) is 6.54 Å². The predicted molar refractivity (Wildman–Crippen MR) is 67.1 cm³/mol. The van der Waals surface area contributed by atoms with Gasteiger partial charge in [-0.3, -0.25) is 9.59 Å². The Hall–Kier alpha value is -1.84. The Bertz CT molecular complexity index is 470. The van der Waals surface area contributed by atoms with E-state index in [2.05, 4.69) is 0 Å². The quantitative estimate of drug-likeness (QED) is 0.684. The van der Waals surface area contributed by atoms with E-state index in [9.17, 15) is 9.59 Å². The second kappa shape index (κ2) is 4.20. The molecule has 0 saturated carbocycles. The summed E-state index contributed by atoms with van der Waals surface area (Å²) in [6.45, 7) is 5.60. The minimum absolute atomic E-state index is 0.00583. The average molecular weight is 232 g/mol. The fraction of sp³-hybridized carbons (Fsp3) is 0.385. The molecule has 2 amide bonds. The van der Waals surface area contributed by atoms with Crippen molar-refractivity contribution in [2.24, 2.45) is 0 Å². The fourth-order valence-corrected chi connectivity index (χ4v) is 2.36. The lowest BCUT2D eigenvalue weighted by Crippen LogP contribution is -2.50. The molecule has 0 N–H and O–H groups in total. The molecule has 0 spiro atoms. The van der Waals surface area contributed by atoms with Crippen molar-refractivity contribution in [1.82, 2.24) is 0 Å². The lowest BCUT2D eigenvalue weighted by Gasteiger charge is -2.40. The van der Waals surface area contributed by atoms with Gasteiger partial charge in [0.05, 0.1) is 17.4 Å². The van der Waals surface area contributed by atoms with Crippen LogP contribution < -0.4 is 9.80 Å². The molecule has 0 bridgehead atoms. The standard InChI is InChI=1S/C13H16N2O2/c1-9-8-14(10(2)16)12-6-4-5-7-13(12)15(9)11(3)17/h4-7,9H,8H2,1-3H3/t9-/m0/s1. The molecule has 0 aliphatic carbocycles. The Kier molecular flexibility index (Phi) is 2.88. The van der Waals surface area contributed by atoms with Crippen molar-refractivity contribution < 1.29 is 9.59 Å². The minimum Gasteiger partial charge on any atom is -0.309 e. The fourth-order valence-electron chi connectivity index (χ4n) is 2.36. The molecule has 1 heterocycles. The summed E-state index contributed by atoms with van der Waals surface area (Å²) in [7, 11) is 0. The third kappa shape index (κ3) is 1.90. The molecule has 0 saturated heterocycles. The van der Waals surface area contributed by atoms with Gasteiger partial charge < -0.3 is 9.80 Å². The monoisotopic (exact) mass is 232 g/mol. The van der Waals surface area contributed by atoms with E-state index in [0.717, 1.165) is 11.4 Å². The maximum absolute atomic E-state index is 11.7. The molecule has 4 heteroatoms. The van der Waals surface area contributed by atoms with Gasteiger partial charge in [-0.2, -0.15) is 0 Å². The molecule has 4 nitrogen and oxygen atoms in total. The molecular formula is C13H16N2O2. The topological polar surface area (TPSA) is 40.6 Å². The predicted octanol–water partition coefficient (Wildman–Crippen LogP) is 1.79. The third-order valence-electron chi connectivity index (χ3n) is 3.04. The third-order valence-corrected chi connectivity index (χ3v) is 3.04. The molecule has 2 rings (SSSR count). The molecule has 1 aromatic rings. The first-order valence-electron chi connectivity index (χ1n) is 5.69. The second-order valence-electron chi connectivity index (χ2n) is 4.36. The highest BCUT2D eigenvalue weighted by molar-refractivity contribution is 6.03. The van der Waals surface area contributed by atoms with Crippen LogP contribution in [-0.4, -0.2) is 24.4 Å². The summed E-state index contributed by atoms with van der Waals surface area (Å²) < 4.78 is 0. The molecule has 0 fully saturated rings. The molecule has 1 aliphatic rings. The molecule has 0 aromatic heterocycles. The largest absolute Gasteiger partial charge is 0.309 e. The highest BCUT2D eigenvalue weighted by Crippen LogP contribution is 2.35. The number of rotatable bonds is 0. The van der Waals surface area contributed by atoms with Crippen LogP contribution in [0.4, 0.5) is 11.4 Å². The van der Waals surface area contributed by atoms with Crippen LogP contribution in [0.25, 0.3) is 0 Å². The molecule has 0 unspecified atom stereocenters. The van der Waals surface area contributed by atoms with Crippen molar-refractivity contribution in [2.45, 2.75) is 26.8 Å². The van der Waals surface area contributed by atoms with Crippen LogP contribution in [0, 0.1) is 0 Å². The van der Waals surface area contributed by atoms with Gasteiger partial charge in [-0.25, -0.2) is 0 Å². The van der Waals surface area contributed by atoms with Crippen molar-refractivity contribution in [3.63, 3.8) is 0 Å². The SMILES string of the molecule is CC(=O)N1C[C@H](C)N(C(C)=O)c2ccccc21. The van der Waals surface area contributed by atoms with Crippen molar-refractivity contribution in [2.75, 3.05) is 16.3 Å². The Labute approximate surface area is 101 Å². The number of hydrogen-bond donors (Lipinski definition) is 0. The van der Waals surface area contributed by atoms with Gasteiger partial charge in [-0.1, -0.05) is 12.1 Å². The maximum atomic E-state index is 11.7. The summed E-state index contributed by atoms with van der Waals surface area (Å²) in [5.41, 5.74) is 1.63. The van der Waals surface area contributed by atoms with Crippen LogP contribution in [0.5, 0.6) is 0 Å². The number of hydrogen-bond acceptors (Lipinski definition) is 2. The first kappa shape index (κ1) is 11.6. The number of para-hydroxylation sites is 2. The van der Waals surface area contributed by atoms with E-state index in [1.807, 2.05) is 31.2 Å². The van der Waals surface area contributed by atoms with Gasteiger partial charge >= 0.3 is 0 Å². The minimum atomic E-state index is 0.00583. The first-order valence-corrected chi connectivity index (χ1v) is 5.69. The summed E-state index contributed by atoms with van der Waals surface area (Å²) in [6.07, 6.45) is 0. The number of amides is 2. The van der Waals surface area contributed by atoms with Crippen LogP contribution in [0.3, 0.4) is 0 Å². The van der Waals surface area contributed by atoms with Crippen LogP contribution in [0.15, 0.2) is 24.3 Å². The van der Waals surface area contributed by atoms with Crippen molar-refractivity contribution in [3.8, 4) is 0 Å². The second-order valence-corrected chi connectivity index (χ2v) is 4.36. The van der Waals surface area contributed by atoms with Crippen molar-refractivity contribution in [1.29, 1.82) is 0 Å². The van der Waals surface area contributed by atoms with E-state index in [1.165, 1.54) is 0 Å². The Morgan fingerprint density at radius 1 is 1.12 bits per heavy atom. The summed E-state index contributed by atoms with van der Waals surface area (Å²) in [5.74, 6) is 0.0145. The summed E-state index contributed by atoms with van der Waals surface area (Å²) in [5, 5.41) is 0. The number of fused-ring (bicyclic) bond motifs is 1. The Morgan fingerprint density at radius 3 is 2.24 bits per heavy atom. The highest BCUT2D eigenvalue weighted by Gasteiger charge is 2.31. The lowest BCUT2D eigenvalue weighted by atomic mass is 10.1. The van der Waals surface area contributed by atoms with E-state index < -0.39 is 0 Å². The summed E-state index contributed by atoms with van der Waals surface area (Å²) in [4.78, 5) is 26.7. The van der Waals surface area contributed by atoms with E-state index in [1.54, 1.807) is 23.6 Å². The van der Waals surface area contributed by atoms with Crippen molar-refractivity contribution >= 4 is 23.2 Å². The zero-order chi connectivity index (χ0) is 12.6. The molecule has 1 aliphatic heterocycles. The average Bonchev–Trinajstić information content (AvgIpc) is 2.27. The van der Waals surface area contributed by atoms with Gasteiger partial charge in [0.2, 0.25) is 11.8 Å². The smallest absolute Gasteiger partial charge is 0.224 e. The zero-order valence-corrected chi connectivity index (χ0v) is 10.3. The Morgan fingerprint density at radius 2 is 1.71 bits per heavy atom. The van der Waals surface area contributed by atoms with Gasteiger partial charge in [-0.05, 0) is 19.1 Å². The zero-order valence-electron chi connectivity index (χ0n) is 10.3. The van der Waals surface area contributed by atoms with Crippen LogP contribution in [-0.2, 0) is 9.59 Å². The first-order chi connectivity index (χ1) is 8.02.